The van der Waals surface area contributed by atoms with Gasteiger partial charge in [0.05, 0.1) is 0 Å². The summed E-state index contributed by atoms with van der Waals surface area (Å²) < 4.78 is 17.0. The molecule has 6 nitrogen and oxygen atoms in total. The van der Waals surface area contributed by atoms with E-state index >= 15 is 0 Å². The van der Waals surface area contributed by atoms with Crippen LogP contribution in [0.4, 0.5) is 0 Å². The molecule has 0 amide bonds. The van der Waals surface area contributed by atoms with Gasteiger partial charge in [-0.15, -0.1) is 0 Å². The minimum Gasteiger partial charge on any atom is -0.462 e. The van der Waals surface area contributed by atoms with Gasteiger partial charge in [0.2, 0.25) is 0 Å². The second-order valence-corrected chi connectivity index (χ2v) is 23.8. The van der Waals surface area contributed by atoms with Crippen LogP contribution in [-0.2, 0) is 28.6 Å². The average molecular weight is 1130 g/mol. The summed E-state index contributed by atoms with van der Waals surface area (Å²) in [6.07, 6.45) is 90.8. The zero-order valence-electron chi connectivity index (χ0n) is 54.1. The number of rotatable bonds is 65. The Morgan fingerprint density at radius 1 is 0.259 bits per heavy atom. The third kappa shape index (κ3) is 67.5. The van der Waals surface area contributed by atoms with E-state index in [-0.39, 0.29) is 37.5 Å². The van der Waals surface area contributed by atoms with Crippen molar-refractivity contribution in [2.75, 3.05) is 13.2 Å². The lowest BCUT2D eigenvalue weighted by Crippen LogP contribution is -2.30. The van der Waals surface area contributed by atoms with Gasteiger partial charge < -0.3 is 14.2 Å². The molecule has 0 aliphatic carbocycles. The van der Waals surface area contributed by atoms with Crippen LogP contribution in [0.15, 0.2) is 72.9 Å². The SMILES string of the molecule is CC/C=C\C/C=C\C/C=C\C/C=C\C/C=C\C/C=C\CCCCC(=O)OC(COC(=O)CCCCCCCCCCCCCCCCC)COC(=O)CCCCCCCCCCCCCCCCCCCCCCCCCCCCC. The third-order valence-electron chi connectivity index (χ3n) is 15.7. The van der Waals surface area contributed by atoms with Crippen LogP contribution >= 0.6 is 0 Å². The number of allylic oxidation sites excluding steroid dienone is 12. The Morgan fingerprint density at radius 3 is 0.753 bits per heavy atom. The molecule has 0 fully saturated rings. The maximum absolute atomic E-state index is 12.9. The maximum Gasteiger partial charge on any atom is 0.306 e. The normalized spacial score (nSPS) is 12.5. The highest BCUT2D eigenvalue weighted by Crippen LogP contribution is 2.18. The van der Waals surface area contributed by atoms with Gasteiger partial charge >= 0.3 is 17.9 Å². The molecule has 0 saturated heterocycles. The van der Waals surface area contributed by atoms with Gasteiger partial charge in [0.1, 0.15) is 13.2 Å². The van der Waals surface area contributed by atoms with E-state index in [2.05, 4.69) is 93.7 Å². The van der Waals surface area contributed by atoms with Crippen molar-refractivity contribution in [3.05, 3.63) is 72.9 Å². The first kappa shape index (κ1) is 77.9. The van der Waals surface area contributed by atoms with E-state index in [1.54, 1.807) is 0 Å². The minimum absolute atomic E-state index is 0.0884. The smallest absolute Gasteiger partial charge is 0.306 e. The summed E-state index contributed by atoms with van der Waals surface area (Å²) in [5, 5.41) is 0. The molecule has 81 heavy (non-hydrogen) atoms. The van der Waals surface area contributed by atoms with Crippen molar-refractivity contribution >= 4 is 17.9 Å². The number of carbonyl (C=O) groups excluding carboxylic acids is 3. The Morgan fingerprint density at radius 2 is 0.481 bits per heavy atom. The molecular weight excluding hydrogens is 997 g/mol. The molecule has 0 N–H and O–H groups in total. The van der Waals surface area contributed by atoms with E-state index in [0.717, 1.165) is 89.9 Å². The van der Waals surface area contributed by atoms with Crippen molar-refractivity contribution in [1.82, 2.24) is 0 Å². The van der Waals surface area contributed by atoms with Gasteiger partial charge in [-0.25, -0.2) is 0 Å². The van der Waals surface area contributed by atoms with E-state index in [1.807, 2.05) is 0 Å². The molecular formula is C75H134O6. The molecule has 0 rings (SSSR count). The van der Waals surface area contributed by atoms with Gasteiger partial charge in [0, 0.05) is 19.3 Å². The number of carbonyl (C=O) groups is 3. The van der Waals surface area contributed by atoms with Gasteiger partial charge in [-0.1, -0.05) is 351 Å². The van der Waals surface area contributed by atoms with Crippen LogP contribution in [0.25, 0.3) is 0 Å². The van der Waals surface area contributed by atoms with Gasteiger partial charge in [-0.05, 0) is 70.6 Å². The van der Waals surface area contributed by atoms with Crippen LogP contribution in [-0.4, -0.2) is 37.2 Å². The van der Waals surface area contributed by atoms with Crippen molar-refractivity contribution in [3.8, 4) is 0 Å². The maximum atomic E-state index is 12.9. The molecule has 0 aromatic heterocycles. The number of hydrogen-bond acceptors (Lipinski definition) is 6. The van der Waals surface area contributed by atoms with Gasteiger partial charge in [0.15, 0.2) is 6.10 Å². The van der Waals surface area contributed by atoms with E-state index in [0.29, 0.717) is 19.3 Å². The first-order chi connectivity index (χ1) is 40.0. The van der Waals surface area contributed by atoms with E-state index < -0.39 is 6.10 Å². The fourth-order valence-corrected chi connectivity index (χ4v) is 10.5. The molecule has 1 atom stereocenters. The molecule has 0 aromatic rings. The highest BCUT2D eigenvalue weighted by atomic mass is 16.6. The summed E-state index contributed by atoms with van der Waals surface area (Å²) in [6, 6.07) is 0. The fourth-order valence-electron chi connectivity index (χ4n) is 10.5. The third-order valence-corrected chi connectivity index (χ3v) is 15.7. The molecule has 0 aliphatic heterocycles. The molecule has 0 aliphatic rings. The monoisotopic (exact) mass is 1130 g/mol. The van der Waals surface area contributed by atoms with Crippen LogP contribution in [0, 0.1) is 0 Å². The molecule has 0 bridgehead atoms. The Hall–Kier alpha value is -3.15. The molecule has 470 valence electrons. The molecule has 0 spiro atoms. The van der Waals surface area contributed by atoms with E-state index in [1.165, 1.54) is 231 Å². The second-order valence-electron chi connectivity index (χ2n) is 23.8. The average Bonchev–Trinajstić information content (AvgIpc) is 3.47. The lowest BCUT2D eigenvalue weighted by atomic mass is 10.0. The van der Waals surface area contributed by atoms with Crippen LogP contribution in [0.2, 0.25) is 0 Å². The molecule has 0 aromatic carbocycles. The van der Waals surface area contributed by atoms with Crippen molar-refractivity contribution < 1.29 is 28.6 Å². The largest absolute Gasteiger partial charge is 0.462 e. The first-order valence-corrected chi connectivity index (χ1v) is 35.4. The summed E-state index contributed by atoms with van der Waals surface area (Å²) in [4.78, 5) is 38.4. The van der Waals surface area contributed by atoms with Crippen molar-refractivity contribution in [3.63, 3.8) is 0 Å². The summed E-state index contributed by atoms with van der Waals surface area (Å²) >= 11 is 0. The van der Waals surface area contributed by atoms with E-state index in [9.17, 15) is 14.4 Å². The molecule has 0 saturated carbocycles. The quantitative estimate of drug-likeness (QED) is 0.0261. The Balaban J connectivity index is 4.32. The van der Waals surface area contributed by atoms with E-state index in [4.69, 9.17) is 14.2 Å². The predicted octanol–water partition coefficient (Wildman–Crippen LogP) is 24.4. The summed E-state index contributed by atoms with van der Waals surface area (Å²) in [5.41, 5.74) is 0. The standard InChI is InChI=1S/C75H134O6/c1-4-7-10-13-16-19-22-25-28-30-32-34-35-36-37-38-39-41-42-44-47-50-53-56-59-62-65-68-74(77)80-71-72(70-79-73(76)67-64-61-58-55-52-49-46-27-24-21-18-15-12-9-6-3)81-75(78)69-66-63-60-57-54-51-48-45-43-40-33-31-29-26-23-20-17-14-11-8-5-2/h8,11,17,20,26,29,33,40,45,48,54,57,72H,4-7,9-10,12-16,18-19,21-25,27-28,30-32,34-39,41-44,46-47,49-53,55-56,58-71H2,1-3H3/b11-8-,20-17-,29-26-,40-33-,48-45-,57-54-. The molecule has 1 unspecified atom stereocenters. The fraction of sp³-hybridized carbons (Fsp3) is 0.800. The summed E-state index contributed by atoms with van der Waals surface area (Å²) in [7, 11) is 0. The zero-order chi connectivity index (χ0) is 58.5. The van der Waals surface area contributed by atoms with Crippen molar-refractivity contribution in [1.29, 1.82) is 0 Å². The lowest BCUT2D eigenvalue weighted by molar-refractivity contribution is -0.167. The molecule has 0 radical (unpaired) electrons. The van der Waals surface area contributed by atoms with Crippen LogP contribution in [0.5, 0.6) is 0 Å². The van der Waals surface area contributed by atoms with Crippen molar-refractivity contribution in [2.24, 2.45) is 0 Å². The number of esters is 3. The number of ether oxygens (including phenoxy) is 3. The van der Waals surface area contributed by atoms with Crippen molar-refractivity contribution in [2.45, 2.75) is 374 Å². The molecule has 0 heterocycles. The van der Waals surface area contributed by atoms with Gasteiger partial charge in [0.25, 0.3) is 0 Å². The predicted molar refractivity (Wildman–Crippen MR) is 353 cm³/mol. The number of unbranched alkanes of at least 4 members (excludes halogenated alkanes) is 42. The number of hydrogen-bond donors (Lipinski definition) is 0. The Labute approximate surface area is 503 Å². The summed E-state index contributed by atoms with van der Waals surface area (Å²) in [6.45, 7) is 6.55. The highest BCUT2D eigenvalue weighted by molar-refractivity contribution is 5.71. The highest BCUT2D eigenvalue weighted by Gasteiger charge is 2.19. The van der Waals surface area contributed by atoms with Crippen LogP contribution < -0.4 is 0 Å². The van der Waals surface area contributed by atoms with Crippen LogP contribution in [0.3, 0.4) is 0 Å². The summed E-state index contributed by atoms with van der Waals surface area (Å²) in [5.74, 6) is -0.909. The van der Waals surface area contributed by atoms with Crippen LogP contribution in [0.1, 0.15) is 367 Å². The minimum atomic E-state index is -0.798. The Bertz CT molecular complexity index is 1490. The van der Waals surface area contributed by atoms with Gasteiger partial charge in [-0.3, -0.25) is 14.4 Å². The van der Waals surface area contributed by atoms with Gasteiger partial charge in [-0.2, -0.15) is 0 Å². The topological polar surface area (TPSA) is 78.9 Å². The second kappa shape index (κ2) is 69.3. The Kier molecular flexibility index (Phi) is 66.6. The first-order valence-electron chi connectivity index (χ1n) is 35.4. The zero-order valence-corrected chi connectivity index (χ0v) is 54.1. The molecule has 6 heteroatoms. The lowest BCUT2D eigenvalue weighted by Gasteiger charge is -2.18.